The van der Waals surface area contributed by atoms with E-state index in [1.54, 1.807) is 13.1 Å². The Morgan fingerprint density at radius 2 is 1.80 bits per heavy atom. The molecule has 0 fully saturated rings. The number of aromatic nitrogens is 2. The third-order valence-corrected chi connectivity index (χ3v) is 3.17. The van der Waals surface area contributed by atoms with Crippen molar-refractivity contribution in [3.05, 3.63) is 28.2 Å². The Balaban J connectivity index is 2.44. The standard InChI is InChI=1S/C9H7Cl2N3S/c1-12-9-14-13-8(15-9)5-2-6(10)4-7(11)3-5/h2-4H,1H3,(H,12,14). The second-order valence-electron chi connectivity index (χ2n) is 2.82. The monoisotopic (exact) mass is 259 g/mol. The van der Waals surface area contributed by atoms with Crippen molar-refractivity contribution < 1.29 is 0 Å². The zero-order valence-electron chi connectivity index (χ0n) is 7.79. The molecule has 0 aliphatic carbocycles. The van der Waals surface area contributed by atoms with Gasteiger partial charge in [-0.25, -0.2) is 0 Å². The van der Waals surface area contributed by atoms with Crippen LogP contribution in [-0.2, 0) is 0 Å². The normalized spacial score (nSPS) is 10.3. The lowest BCUT2D eigenvalue weighted by atomic mass is 10.2. The molecular formula is C9H7Cl2N3S. The number of rotatable bonds is 2. The quantitative estimate of drug-likeness (QED) is 0.897. The molecule has 78 valence electrons. The first kappa shape index (κ1) is 10.7. The zero-order chi connectivity index (χ0) is 10.8. The van der Waals surface area contributed by atoms with Crippen molar-refractivity contribution in [1.82, 2.24) is 10.2 Å². The van der Waals surface area contributed by atoms with Crippen LogP contribution in [0.5, 0.6) is 0 Å². The van der Waals surface area contributed by atoms with Gasteiger partial charge in [-0.05, 0) is 18.2 Å². The highest BCUT2D eigenvalue weighted by Gasteiger charge is 2.07. The van der Waals surface area contributed by atoms with Gasteiger partial charge in [0.25, 0.3) is 0 Å². The average Bonchev–Trinajstić information content (AvgIpc) is 2.64. The lowest BCUT2D eigenvalue weighted by Crippen LogP contribution is -1.84. The molecule has 6 heteroatoms. The van der Waals surface area contributed by atoms with E-state index in [2.05, 4.69) is 15.5 Å². The Bertz CT molecular complexity index is 464. The molecule has 0 radical (unpaired) electrons. The number of halogens is 2. The van der Waals surface area contributed by atoms with Gasteiger partial charge in [-0.15, -0.1) is 10.2 Å². The van der Waals surface area contributed by atoms with Gasteiger partial charge in [0, 0.05) is 22.7 Å². The fourth-order valence-electron chi connectivity index (χ4n) is 1.12. The van der Waals surface area contributed by atoms with Gasteiger partial charge < -0.3 is 5.32 Å². The van der Waals surface area contributed by atoms with Crippen molar-refractivity contribution in [1.29, 1.82) is 0 Å². The summed E-state index contributed by atoms with van der Waals surface area (Å²) in [5.41, 5.74) is 0.881. The highest BCUT2D eigenvalue weighted by Crippen LogP contribution is 2.30. The van der Waals surface area contributed by atoms with Crippen LogP contribution in [0, 0.1) is 0 Å². The predicted octanol–water partition coefficient (Wildman–Crippen LogP) is 3.55. The maximum atomic E-state index is 5.90. The number of anilines is 1. The summed E-state index contributed by atoms with van der Waals surface area (Å²) in [6.45, 7) is 0. The van der Waals surface area contributed by atoms with E-state index < -0.39 is 0 Å². The molecule has 3 nitrogen and oxygen atoms in total. The summed E-state index contributed by atoms with van der Waals surface area (Å²) in [4.78, 5) is 0. The van der Waals surface area contributed by atoms with Crippen molar-refractivity contribution in [3.8, 4) is 10.6 Å². The molecule has 2 rings (SSSR count). The number of hydrogen-bond donors (Lipinski definition) is 1. The van der Waals surface area contributed by atoms with Crippen molar-refractivity contribution in [2.75, 3.05) is 12.4 Å². The molecule has 1 aromatic carbocycles. The maximum absolute atomic E-state index is 5.90. The molecular weight excluding hydrogens is 253 g/mol. The SMILES string of the molecule is CNc1nnc(-c2cc(Cl)cc(Cl)c2)s1. The first-order valence-electron chi connectivity index (χ1n) is 4.17. The predicted molar refractivity (Wildman–Crippen MR) is 64.9 cm³/mol. The second kappa shape index (κ2) is 4.35. The molecule has 0 amide bonds. The van der Waals surface area contributed by atoms with Gasteiger partial charge in [0.1, 0.15) is 5.01 Å². The van der Waals surface area contributed by atoms with E-state index in [-0.39, 0.29) is 0 Å². The summed E-state index contributed by atoms with van der Waals surface area (Å²) < 4.78 is 0. The molecule has 0 saturated heterocycles. The molecule has 0 atom stereocenters. The average molecular weight is 260 g/mol. The van der Waals surface area contributed by atoms with Crippen LogP contribution in [0.2, 0.25) is 10.0 Å². The van der Waals surface area contributed by atoms with Gasteiger partial charge in [0.15, 0.2) is 0 Å². The molecule has 0 spiro atoms. The topological polar surface area (TPSA) is 37.8 Å². The van der Waals surface area contributed by atoms with E-state index in [0.29, 0.717) is 10.0 Å². The van der Waals surface area contributed by atoms with Gasteiger partial charge in [-0.1, -0.05) is 34.5 Å². The van der Waals surface area contributed by atoms with Gasteiger partial charge >= 0.3 is 0 Å². The second-order valence-corrected chi connectivity index (χ2v) is 4.67. The number of nitrogens with one attached hydrogen (secondary N) is 1. The van der Waals surface area contributed by atoms with Crippen molar-refractivity contribution in [3.63, 3.8) is 0 Å². The Hall–Kier alpha value is -0.840. The van der Waals surface area contributed by atoms with Gasteiger partial charge in [0.2, 0.25) is 5.13 Å². The van der Waals surface area contributed by atoms with Crippen LogP contribution < -0.4 is 5.32 Å². The molecule has 0 aliphatic heterocycles. The minimum atomic E-state index is 0.596. The van der Waals surface area contributed by atoms with Crippen LogP contribution in [0.25, 0.3) is 10.6 Å². The van der Waals surface area contributed by atoms with E-state index in [4.69, 9.17) is 23.2 Å². The number of nitrogens with zero attached hydrogens (tertiary/aromatic N) is 2. The summed E-state index contributed by atoms with van der Waals surface area (Å²) in [6, 6.07) is 5.31. The Morgan fingerprint density at radius 1 is 1.13 bits per heavy atom. The van der Waals surface area contributed by atoms with Crippen molar-refractivity contribution in [2.24, 2.45) is 0 Å². The van der Waals surface area contributed by atoms with Crippen LogP contribution in [0.3, 0.4) is 0 Å². The highest BCUT2D eigenvalue weighted by molar-refractivity contribution is 7.18. The minimum Gasteiger partial charge on any atom is -0.363 e. The number of benzene rings is 1. The van der Waals surface area contributed by atoms with Gasteiger partial charge in [-0.2, -0.15) is 0 Å². The molecule has 1 aromatic heterocycles. The molecule has 0 bridgehead atoms. The van der Waals surface area contributed by atoms with Crippen LogP contribution in [0.1, 0.15) is 0 Å². The molecule has 1 N–H and O–H groups in total. The molecule has 0 aliphatic rings. The number of hydrogen-bond acceptors (Lipinski definition) is 4. The van der Waals surface area contributed by atoms with Gasteiger partial charge in [-0.3, -0.25) is 0 Å². The Morgan fingerprint density at radius 3 is 2.33 bits per heavy atom. The van der Waals surface area contributed by atoms with E-state index in [1.807, 2.05) is 12.1 Å². The Labute approximate surface area is 101 Å². The molecule has 15 heavy (non-hydrogen) atoms. The first-order valence-corrected chi connectivity index (χ1v) is 5.74. The van der Waals surface area contributed by atoms with Gasteiger partial charge in [0.05, 0.1) is 0 Å². The highest BCUT2D eigenvalue weighted by atomic mass is 35.5. The molecule has 0 saturated carbocycles. The lowest BCUT2D eigenvalue weighted by molar-refractivity contribution is 1.09. The lowest BCUT2D eigenvalue weighted by Gasteiger charge is -1.97. The zero-order valence-corrected chi connectivity index (χ0v) is 10.1. The third-order valence-electron chi connectivity index (χ3n) is 1.75. The van der Waals surface area contributed by atoms with E-state index in [1.165, 1.54) is 11.3 Å². The van der Waals surface area contributed by atoms with Crippen molar-refractivity contribution >= 4 is 39.7 Å². The van der Waals surface area contributed by atoms with Crippen LogP contribution >= 0.6 is 34.5 Å². The molecule has 1 heterocycles. The third kappa shape index (κ3) is 2.40. The van der Waals surface area contributed by atoms with E-state index >= 15 is 0 Å². The largest absolute Gasteiger partial charge is 0.363 e. The van der Waals surface area contributed by atoms with E-state index in [9.17, 15) is 0 Å². The fourth-order valence-corrected chi connectivity index (χ4v) is 2.33. The van der Waals surface area contributed by atoms with E-state index in [0.717, 1.165) is 15.7 Å². The minimum absolute atomic E-state index is 0.596. The van der Waals surface area contributed by atoms with Crippen molar-refractivity contribution in [2.45, 2.75) is 0 Å². The van der Waals surface area contributed by atoms with Crippen LogP contribution in [0.4, 0.5) is 5.13 Å². The van der Waals surface area contributed by atoms with Crippen LogP contribution in [-0.4, -0.2) is 17.2 Å². The molecule has 2 aromatic rings. The van der Waals surface area contributed by atoms with Crippen LogP contribution in [0.15, 0.2) is 18.2 Å². The maximum Gasteiger partial charge on any atom is 0.205 e. The summed E-state index contributed by atoms with van der Waals surface area (Å²) in [5, 5.41) is 13.6. The summed E-state index contributed by atoms with van der Waals surface area (Å²) >= 11 is 13.2. The molecule has 0 unspecified atom stereocenters. The fraction of sp³-hybridized carbons (Fsp3) is 0.111. The summed E-state index contributed by atoms with van der Waals surface area (Å²) in [6.07, 6.45) is 0. The Kier molecular flexibility index (Phi) is 3.09. The summed E-state index contributed by atoms with van der Waals surface area (Å²) in [7, 11) is 1.80. The summed E-state index contributed by atoms with van der Waals surface area (Å²) in [5.74, 6) is 0. The smallest absolute Gasteiger partial charge is 0.205 e. The first-order chi connectivity index (χ1) is 7.19.